The fraction of sp³-hybridized carbons (Fsp3) is 0.235. The van der Waals surface area contributed by atoms with Gasteiger partial charge in [-0.2, -0.15) is 0 Å². The fourth-order valence-electron chi connectivity index (χ4n) is 2.67. The lowest BCUT2D eigenvalue weighted by molar-refractivity contribution is 0.0983. The normalized spacial score (nSPS) is 17.7. The summed E-state index contributed by atoms with van der Waals surface area (Å²) in [6.45, 7) is 2.59. The van der Waals surface area contributed by atoms with Crippen LogP contribution in [0.4, 0.5) is 5.69 Å². The van der Waals surface area contributed by atoms with E-state index in [1.165, 1.54) is 0 Å². The molecule has 3 heteroatoms. The van der Waals surface area contributed by atoms with Gasteiger partial charge in [0.15, 0.2) is 0 Å². The molecule has 2 aromatic carbocycles. The Labute approximate surface area is 119 Å². The maximum absolute atomic E-state index is 12.7. The van der Waals surface area contributed by atoms with Gasteiger partial charge in [-0.15, -0.1) is 0 Å². The van der Waals surface area contributed by atoms with E-state index in [-0.39, 0.29) is 11.9 Å². The van der Waals surface area contributed by atoms with Crippen LogP contribution in [0.5, 0.6) is 0 Å². The number of rotatable bonds is 1. The van der Waals surface area contributed by atoms with Gasteiger partial charge in [-0.25, -0.2) is 0 Å². The van der Waals surface area contributed by atoms with Crippen LogP contribution >= 0.6 is 0 Å². The third kappa shape index (κ3) is 2.32. The smallest absolute Gasteiger partial charge is 0.258 e. The summed E-state index contributed by atoms with van der Waals surface area (Å²) in [6, 6.07) is 15.7. The molecule has 0 saturated carbocycles. The Morgan fingerprint density at radius 1 is 1.15 bits per heavy atom. The first-order valence-corrected chi connectivity index (χ1v) is 6.87. The number of anilines is 1. The zero-order chi connectivity index (χ0) is 14.1. The van der Waals surface area contributed by atoms with Gasteiger partial charge >= 0.3 is 0 Å². The first-order valence-electron chi connectivity index (χ1n) is 6.87. The summed E-state index contributed by atoms with van der Waals surface area (Å²) in [5.74, 6) is 0.0209. The van der Waals surface area contributed by atoms with Crippen molar-refractivity contribution in [3.05, 3.63) is 65.2 Å². The summed E-state index contributed by atoms with van der Waals surface area (Å²) in [6.07, 6.45) is 0.827. The Bertz CT molecular complexity index is 634. The first-order chi connectivity index (χ1) is 9.65. The van der Waals surface area contributed by atoms with Gasteiger partial charge in [-0.05, 0) is 37.1 Å². The van der Waals surface area contributed by atoms with Crippen LogP contribution in [-0.4, -0.2) is 18.5 Å². The molecular weight excluding hydrogens is 248 g/mol. The average Bonchev–Trinajstić information content (AvgIpc) is 2.46. The molecule has 0 spiro atoms. The van der Waals surface area contributed by atoms with E-state index in [9.17, 15) is 4.79 Å². The quantitative estimate of drug-likeness (QED) is 0.862. The molecule has 1 aliphatic heterocycles. The number of amides is 1. The lowest BCUT2D eigenvalue weighted by Crippen LogP contribution is -2.46. The van der Waals surface area contributed by atoms with Crippen LogP contribution in [0.1, 0.15) is 21.5 Å². The van der Waals surface area contributed by atoms with Gasteiger partial charge in [-0.3, -0.25) is 4.79 Å². The number of fused-ring (bicyclic) bond motifs is 1. The molecule has 0 aliphatic carbocycles. The zero-order valence-electron chi connectivity index (χ0n) is 11.5. The van der Waals surface area contributed by atoms with E-state index >= 15 is 0 Å². The molecule has 20 heavy (non-hydrogen) atoms. The first kappa shape index (κ1) is 12.9. The van der Waals surface area contributed by atoms with Crippen LogP contribution in [-0.2, 0) is 6.42 Å². The number of carbonyl (C=O) groups is 1. The third-order valence-electron chi connectivity index (χ3n) is 3.73. The highest BCUT2D eigenvalue weighted by molar-refractivity contribution is 6.06. The van der Waals surface area contributed by atoms with Crippen LogP contribution in [0.25, 0.3) is 0 Å². The van der Waals surface area contributed by atoms with Crippen LogP contribution < -0.4 is 10.6 Å². The van der Waals surface area contributed by atoms with E-state index < -0.39 is 0 Å². The van der Waals surface area contributed by atoms with Crippen molar-refractivity contribution in [2.75, 3.05) is 11.4 Å². The van der Waals surface area contributed by atoms with Crippen molar-refractivity contribution < 1.29 is 4.79 Å². The Hall–Kier alpha value is -2.13. The summed E-state index contributed by atoms with van der Waals surface area (Å²) in [4.78, 5) is 14.5. The predicted octanol–water partition coefficient (Wildman–Crippen LogP) is 2.53. The molecule has 3 rings (SSSR count). The molecule has 0 saturated heterocycles. The molecule has 2 N–H and O–H groups in total. The van der Waals surface area contributed by atoms with E-state index in [0.29, 0.717) is 12.1 Å². The number of aryl methyl sites for hydroxylation is 1. The average molecular weight is 266 g/mol. The van der Waals surface area contributed by atoms with E-state index in [2.05, 4.69) is 0 Å². The largest absolute Gasteiger partial charge is 0.326 e. The molecule has 1 unspecified atom stereocenters. The molecule has 1 aliphatic rings. The Balaban J connectivity index is 1.97. The minimum atomic E-state index is -0.000650. The topological polar surface area (TPSA) is 46.3 Å². The molecule has 0 aromatic heterocycles. The van der Waals surface area contributed by atoms with Crippen molar-refractivity contribution in [2.24, 2.45) is 5.73 Å². The SMILES string of the molecule is Cc1ccc(C(=O)N2CC(N)Cc3ccccc32)cc1. The zero-order valence-corrected chi connectivity index (χ0v) is 11.5. The molecule has 1 atom stereocenters. The molecule has 2 aromatic rings. The number of hydrogen-bond acceptors (Lipinski definition) is 2. The van der Waals surface area contributed by atoms with Gasteiger partial charge in [0.25, 0.3) is 5.91 Å². The highest BCUT2D eigenvalue weighted by atomic mass is 16.2. The molecule has 1 heterocycles. The van der Waals surface area contributed by atoms with Gasteiger partial charge in [0.2, 0.25) is 0 Å². The summed E-state index contributed by atoms with van der Waals surface area (Å²) in [7, 11) is 0. The summed E-state index contributed by atoms with van der Waals surface area (Å²) < 4.78 is 0. The monoisotopic (exact) mass is 266 g/mol. The Kier molecular flexibility index (Phi) is 3.28. The number of carbonyl (C=O) groups excluding carboxylic acids is 1. The summed E-state index contributed by atoms with van der Waals surface area (Å²) in [5, 5.41) is 0. The van der Waals surface area contributed by atoms with Crippen molar-refractivity contribution in [1.82, 2.24) is 0 Å². The number of nitrogens with zero attached hydrogens (tertiary/aromatic N) is 1. The van der Waals surface area contributed by atoms with Crippen LogP contribution in [0, 0.1) is 6.92 Å². The van der Waals surface area contributed by atoms with Crippen molar-refractivity contribution in [2.45, 2.75) is 19.4 Å². The highest BCUT2D eigenvalue weighted by Gasteiger charge is 2.26. The summed E-state index contributed by atoms with van der Waals surface area (Å²) in [5.41, 5.74) is 10.1. The maximum atomic E-state index is 12.7. The van der Waals surface area contributed by atoms with E-state index in [0.717, 1.165) is 23.2 Å². The van der Waals surface area contributed by atoms with Crippen LogP contribution in [0.15, 0.2) is 48.5 Å². The van der Waals surface area contributed by atoms with Crippen LogP contribution in [0.2, 0.25) is 0 Å². The van der Waals surface area contributed by atoms with Gasteiger partial charge in [-0.1, -0.05) is 35.9 Å². The summed E-state index contributed by atoms with van der Waals surface area (Å²) >= 11 is 0. The predicted molar refractivity (Wildman–Crippen MR) is 81.0 cm³/mol. The van der Waals surface area contributed by atoms with E-state index in [1.807, 2.05) is 55.5 Å². The van der Waals surface area contributed by atoms with Gasteiger partial charge < -0.3 is 10.6 Å². The highest BCUT2D eigenvalue weighted by Crippen LogP contribution is 2.27. The minimum absolute atomic E-state index is 0.000650. The Morgan fingerprint density at radius 3 is 2.60 bits per heavy atom. The molecule has 3 nitrogen and oxygen atoms in total. The molecule has 0 fully saturated rings. The fourth-order valence-corrected chi connectivity index (χ4v) is 2.67. The number of para-hydroxylation sites is 1. The molecule has 0 radical (unpaired) electrons. The number of nitrogens with two attached hydrogens (primary N) is 1. The van der Waals surface area contributed by atoms with Gasteiger partial charge in [0.05, 0.1) is 0 Å². The molecule has 0 bridgehead atoms. The van der Waals surface area contributed by atoms with Crippen molar-refractivity contribution in [3.8, 4) is 0 Å². The number of benzene rings is 2. The second kappa shape index (κ2) is 5.10. The Morgan fingerprint density at radius 2 is 1.85 bits per heavy atom. The van der Waals surface area contributed by atoms with Gasteiger partial charge in [0.1, 0.15) is 0 Å². The molecule has 1 amide bonds. The van der Waals surface area contributed by atoms with Crippen LogP contribution in [0.3, 0.4) is 0 Å². The van der Waals surface area contributed by atoms with Crippen molar-refractivity contribution in [3.63, 3.8) is 0 Å². The van der Waals surface area contributed by atoms with E-state index in [4.69, 9.17) is 5.73 Å². The lowest BCUT2D eigenvalue weighted by Gasteiger charge is -2.33. The van der Waals surface area contributed by atoms with Crippen molar-refractivity contribution in [1.29, 1.82) is 0 Å². The second-order valence-corrected chi connectivity index (χ2v) is 5.37. The maximum Gasteiger partial charge on any atom is 0.258 e. The standard InChI is InChI=1S/C17H18N2O/c1-12-6-8-13(9-7-12)17(20)19-11-15(18)10-14-4-2-3-5-16(14)19/h2-9,15H,10-11,18H2,1H3. The van der Waals surface area contributed by atoms with Gasteiger partial charge in [0, 0.05) is 23.8 Å². The second-order valence-electron chi connectivity index (χ2n) is 5.37. The molecule has 102 valence electrons. The lowest BCUT2D eigenvalue weighted by atomic mass is 9.97. The molecular formula is C17H18N2O. The number of hydrogen-bond donors (Lipinski definition) is 1. The minimum Gasteiger partial charge on any atom is -0.326 e. The van der Waals surface area contributed by atoms with E-state index in [1.54, 1.807) is 4.90 Å². The third-order valence-corrected chi connectivity index (χ3v) is 3.73. The van der Waals surface area contributed by atoms with Crippen molar-refractivity contribution >= 4 is 11.6 Å².